The van der Waals surface area contributed by atoms with Crippen molar-refractivity contribution in [2.45, 2.75) is 38.6 Å². The summed E-state index contributed by atoms with van der Waals surface area (Å²) in [5.74, 6) is 0. The lowest BCUT2D eigenvalue weighted by Crippen LogP contribution is -2.41. The van der Waals surface area contributed by atoms with Gasteiger partial charge in [0.2, 0.25) is 0 Å². The van der Waals surface area contributed by atoms with Gasteiger partial charge in [0.25, 0.3) is 5.69 Å². The molecule has 0 saturated carbocycles. The highest BCUT2D eigenvalue weighted by atomic mass is 32.2. The van der Waals surface area contributed by atoms with Gasteiger partial charge in [-0.25, -0.2) is 8.42 Å². The van der Waals surface area contributed by atoms with Gasteiger partial charge in [-0.05, 0) is 33.4 Å². The fourth-order valence-electron chi connectivity index (χ4n) is 2.17. The second-order valence-electron chi connectivity index (χ2n) is 5.51. The maximum Gasteiger partial charge on any atom is 0.272 e. The molecule has 0 bridgehead atoms. The summed E-state index contributed by atoms with van der Waals surface area (Å²) < 4.78 is 23.2. The average molecular weight is 314 g/mol. The molecule has 0 aliphatic carbocycles. The highest BCUT2D eigenvalue weighted by Gasteiger charge is 2.26. The number of nitrogens with zero attached hydrogens (tertiary/aromatic N) is 2. The van der Waals surface area contributed by atoms with E-state index in [-0.39, 0.29) is 11.7 Å². The average Bonchev–Trinajstić information content (AvgIpc) is 2.37. The van der Waals surface area contributed by atoms with Gasteiger partial charge < -0.3 is 0 Å². The molecule has 7 heteroatoms. The van der Waals surface area contributed by atoms with E-state index in [1.54, 1.807) is 19.9 Å². The minimum absolute atomic E-state index is 0.0877. The van der Waals surface area contributed by atoms with E-state index in [9.17, 15) is 18.5 Å². The van der Waals surface area contributed by atoms with Crippen LogP contribution in [0.5, 0.6) is 0 Å². The summed E-state index contributed by atoms with van der Waals surface area (Å²) in [6.07, 6.45) is 1.22. The summed E-state index contributed by atoms with van der Waals surface area (Å²) in [4.78, 5) is 12.4. The Balaban J connectivity index is 2.96. The minimum atomic E-state index is -3.12. The highest BCUT2D eigenvalue weighted by molar-refractivity contribution is 7.91. The third-order valence-electron chi connectivity index (χ3n) is 4.08. The van der Waals surface area contributed by atoms with Crippen LogP contribution in [0.15, 0.2) is 18.2 Å². The van der Waals surface area contributed by atoms with E-state index in [4.69, 9.17) is 0 Å². The van der Waals surface area contributed by atoms with Gasteiger partial charge in [-0.3, -0.25) is 15.0 Å². The highest BCUT2D eigenvalue weighted by Crippen LogP contribution is 2.23. The molecule has 6 nitrogen and oxygen atoms in total. The molecule has 0 N–H and O–H groups in total. The Morgan fingerprint density at radius 1 is 1.33 bits per heavy atom. The van der Waals surface area contributed by atoms with Crippen molar-refractivity contribution in [1.82, 2.24) is 4.90 Å². The van der Waals surface area contributed by atoms with Gasteiger partial charge in [-0.1, -0.05) is 12.1 Å². The Morgan fingerprint density at radius 3 is 2.38 bits per heavy atom. The molecule has 1 aromatic rings. The summed E-state index contributed by atoms with van der Waals surface area (Å²) in [5, 5.41) is 10.4. The molecule has 1 aromatic carbocycles. The third-order valence-corrected chi connectivity index (χ3v) is 5.83. The number of hydrogen-bond donors (Lipinski definition) is 0. The summed E-state index contributed by atoms with van der Waals surface area (Å²) in [5.41, 5.74) is 1.54. The monoisotopic (exact) mass is 314 g/mol. The molecule has 0 heterocycles. The molecular weight excluding hydrogens is 292 g/mol. The lowest BCUT2D eigenvalue weighted by Gasteiger charge is -2.29. The summed E-state index contributed by atoms with van der Waals surface area (Å²) in [6, 6.07) is 4.77. The maximum absolute atomic E-state index is 11.6. The van der Waals surface area contributed by atoms with Crippen molar-refractivity contribution >= 4 is 15.5 Å². The van der Waals surface area contributed by atoms with Crippen molar-refractivity contribution < 1.29 is 13.3 Å². The van der Waals surface area contributed by atoms with Crippen molar-refractivity contribution in [3.8, 4) is 0 Å². The Hall–Kier alpha value is -1.47. The van der Waals surface area contributed by atoms with Gasteiger partial charge >= 0.3 is 0 Å². The molecule has 0 aliphatic heterocycles. The molecule has 0 spiro atoms. The zero-order valence-electron chi connectivity index (χ0n) is 13.0. The molecule has 1 rings (SSSR count). The first kappa shape index (κ1) is 17.6. The Kier molecular flexibility index (Phi) is 5.47. The van der Waals surface area contributed by atoms with Crippen molar-refractivity contribution in [3.05, 3.63) is 39.4 Å². The predicted octanol–water partition coefficient (Wildman–Crippen LogP) is 2.16. The van der Waals surface area contributed by atoms with Crippen molar-refractivity contribution in [1.29, 1.82) is 0 Å². The molecule has 2 atom stereocenters. The topological polar surface area (TPSA) is 80.5 Å². The van der Waals surface area contributed by atoms with Crippen LogP contribution < -0.4 is 0 Å². The second kappa shape index (κ2) is 6.53. The molecular formula is C14H22N2O4S. The number of rotatable bonds is 6. The summed E-state index contributed by atoms with van der Waals surface area (Å²) in [7, 11) is -1.30. The summed E-state index contributed by atoms with van der Waals surface area (Å²) >= 11 is 0. The lowest BCUT2D eigenvalue weighted by molar-refractivity contribution is -0.385. The predicted molar refractivity (Wildman–Crippen MR) is 83.1 cm³/mol. The Bertz CT molecular complexity index is 628. The van der Waals surface area contributed by atoms with Crippen LogP contribution in [0.2, 0.25) is 0 Å². The molecule has 0 unspecified atom stereocenters. The number of nitro benzene ring substituents is 1. The fraction of sp³-hybridized carbons (Fsp3) is 0.571. The molecule has 0 radical (unpaired) electrons. The third kappa shape index (κ3) is 4.25. The van der Waals surface area contributed by atoms with E-state index >= 15 is 0 Å². The smallest absolute Gasteiger partial charge is 0.272 e. The molecule has 21 heavy (non-hydrogen) atoms. The Morgan fingerprint density at radius 2 is 1.90 bits per heavy atom. The first-order chi connectivity index (χ1) is 9.55. The van der Waals surface area contributed by atoms with Crippen LogP contribution in [-0.2, 0) is 16.4 Å². The van der Waals surface area contributed by atoms with Gasteiger partial charge in [-0.15, -0.1) is 0 Å². The van der Waals surface area contributed by atoms with Gasteiger partial charge in [0.15, 0.2) is 9.84 Å². The van der Waals surface area contributed by atoms with E-state index in [1.165, 1.54) is 12.3 Å². The Labute approximate surface area is 125 Å². The normalized spacial score (nSPS) is 15.0. The van der Waals surface area contributed by atoms with Crippen LogP contribution in [0, 0.1) is 17.0 Å². The lowest BCUT2D eigenvalue weighted by atomic mass is 10.1. The molecule has 0 saturated heterocycles. The van der Waals surface area contributed by atoms with E-state index in [0.717, 1.165) is 5.56 Å². The van der Waals surface area contributed by atoms with Gasteiger partial charge in [-0.2, -0.15) is 0 Å². The molecule has 0 fully saturated rings. The van der Waals surface area contributed by atoms with Crippen LogP contribution in [0.4, 0.5) is 5.69 Å². The number of nitro groups is 1. The van der Waals surface area contributed by atoms with E-state index in [0.29, 0.717) is 12.1 Å². The molecule has 0 aromatic heterocycles. The number of sulfone groups is 1. The van der Waals surface area contributed by atoms with Crippen molar-refractivity contribution in [3.63, 3.8) is 0 Å². The van der Waals surface area contributed by atoms with Crippen LogP contribution in [-0.4, -0.2) is 42.8 Å². The van der Waals surface area contributed by atoms with Gasteiger partial charge in [0, 0.05) is 30.5 Å². The van der Waals surface area contributed by atoms with E-state index in [1.807, 2.05) is 24.9 Å². The first-order valence-electron chi connectivity index (χ1n) is 6.67. The number of hydrogen-bond acceptors (Lipinski definition) is 5. The minimum Gasteiger partial charge on any atom is -0.298 e. The molecule has 118 valence electrons. The fourth-order valence-corrected chi connectivity index (χ4v) is 3.09. The summed E-state index contributed by atoms with van der Waals surface area (Å²) in [6.45, 7) is 5.70. The van der Waals surface area contributed by atoms with Crippen LogP contribution >= 0.6 is 0 Å². The standard InChI is InChI=1S/C14H22N2O4S/c1-10-13(7-6-8-14(10)16(17)18)9-15(4)11(2)12(3)21(5,19)20/h6-8,11-12H,9H2,1-5H3/t11-,12+/m1/s1. The second-order valence-corrected chi connectivity index (χ2v) is 7.91. The van der Waals surface area contributed by atoms with Crippen LogP contribution in [0.25, 0.3) is 0 Å². The van der Waals surface area contributed by atoms with Crippen molar-refractivity contribution in [2.24, 2.45) is 0 Å². The van der Waals surface area contributed by atoms with E-state index < -0.39 is 20.0 Å². The van der Waals surface area contributed by atoms with E-state index in [2.05, 4.69) is 0 Å². The number of benzene rings is 1. The maximum atomic E-state index is 11.6. The van der Waals surface area contributed by atoms with Crippen LogP contribution in [0.3, 0.4) is 0 Å². The van der Waals surface area contributed by atoms with Crippen molar-refractivity contribution in [2.75, 3.05) is 13.3 Å². The van der Waals surface area contributed by atoms with Gasteiger partial charge in [0.1, 0.15) is 0 Å². The first-order valence-corrected chi connectivity index (χ1v) is 8.63. The van der Waals surface area contributed by atoms with Gasteiger partial charge in [0.05, 0.1) is 10.2 Å². The zero-order chi connectivity index (χ0) is 16.4. The zero-order valence-corrected chi connectivity index (χ0v) is 13.8. The molecule has 0 amide bonds. The largest absolute Gasteiger partial charge is 0.298 e. The quantitative estimate of drug-likeness (QED) is 0.593. The molecule has 0 aliphatic rings. The SMILES string of the molecule is Cc1c(CN(C)[C@H](C)[C@H](C)S(C)(=O)=O)cccc1[N+](=O)[O-]. The van der Waals surface area contributed by atoms with Crippen LogP contribution in [0.1, 0.15) is 25.0 Å².